The molecule has 1 saturated carbocycles. The first-order valence-corrected chi connectivity index (χ1v) is 6.52. The Balaban J connectivity index is 2.18. The molecule has 1 saturated heterocycles. The van der Waals surface area contributed by atoms with E-state index in [0.29, 0.717) is 0 Å². The molecule has 7 heteroatoms. The van der Waals surface area contributed by atoms with Crippen molar-refractivity contribution in [3.63, 3.8) is 0 Å². The van der Waals surface area contributed by atoms with Crippen molar-refractivity contribution in [2.45, 2.75) is 44.8 Å². The number of methoxy groups -OCH3 is 1. The largest absolute Gasteiger partial charge is 0.467 e. The summed E-state index contributed by atoms with van der Waals surface area (Å²) in [5.74, 6) is -5.03. The van der Waals surface area contributed by atoms with Gasteiger partial charge in [-0.25, -0.2) is 18.4 Å². The summed E-state index contributed by atoms with van der Waals surface area (Å²) in [4.78, 5) is 24.9. The molecule has 0 aromatic heterocycles. The molecule has 0 aromatic carbocycles. The van der Waals surface area contributed by atoms with Gasteiger partial charge in [-0.15, -0.1) is 0 Å². The third-order valence-electron chi connectivity index (χ3n) is 3.77. The van der Waals surface area contributed by atoms with Crippen LogP contribution in [-0.2, 0) is 14.3 Å². The van der Waals surface area contributed by atoms with Crippen LogP contribution in [0.5, 0.6) is 0 Å². The molecule has 0 unspecified atom stereocenters. The van der Waals surface area contributed by atoms with E-state index in [1.165, 1.54) is 7.11 Å². The maximum Gasteiger partial charge on any atom is 0.411 e. The van der Waals surface area contributed by atoms with Gasteiger partial charge >= 0.3 is 12.1 Å². The lowest BCUT2D eigenvalue weighted by Crippen LogP contribution is -2.51. The number of likely N-dealkylation sites (tertiary alicyclic amines) is 1. The molecule has 0 aromatic rings. The molecule has 2 fully saturated rings. The second-order valence-electron chi connectivity index (χ2n) is 6.34. The van der Waals surface area contributed by atoms with Crippen LogP contribution in [0.3, 0.4) is 0 Å². The van der Waals surface area contributed by atoms with Crippen LogP contribution in [0.2, 0.25) is 0 Å². The Kier molecular flexibility index (Phi) is 3.42. The van der Waals surface area contributed by atoms with Gasteiger partial charge in [0.2, 0.25) is 0 Å². The van der Waals surface area contributed by atoms with Crippen molar-refractivity contribution in [2.24, 2.45) is 11.8 Å². The van der Waals surface area contributed by atoms with Crippen molar-refractivity contribution in [3.8, 4) is 0 Å². The summed E-state index contributed by atoms with van der Waals surface area (Å²) in [6.45, 7) is 4.86. The molecule has 1 amide bonds. The first-order valence-electron chi connectivity index (χ1n) is 6.52. The Bertz CT molecular complexity index is 433. The smallest absolute Gasteiger partial charge is 0.411 e. The number of amides is 1. The number of carbonyl (C=O) groups is 2. The fourth-order valence-corrected chi connectivity index (χ4v) is 2.85. The summed E-state index contributed by atoms with van der Waals surface area (Å²) in [7, 11) is 1.18. The van der Waals surface area contributed by atoms with Crippen molar-refractivity contribution < 1.29 is 27.8 Å². The number of fused-ring (bicyclic) bond motifs is 1. The molecule has 5 nitrogen and oxygen atoms in total. The lowest BCUT2D eigenvalue weighted by molar-refractivity contribution is -0.169. The zero-order valence-corrected chi connectivity index (χ0v) is 12.0. The van der Waals surface area contributed by atoms with Gasteiger partial charge < -0.3 is 9.47 Å². The molecule has 2 rings (SSSR count). The number of hydrogen-bond acceptors (Lipinski definition) is 4. The maximum atomic E-state index is 13.5. The Labute approximate surface area is 116 Å². The van der Waals surface area contributed by atoms with E-state index in [-0.39, 0.29) is 6.54 Å². The van der Waals surface area contributed by atoms with Gasteiger partial charge in [0.1, 0.15) is 11.6 Å². The second kappa shape index (κ2) is 4.56. The van der Waals surface area contributed by atoms with Crippen LogP contribution in [0.4, 0.5) is 13.6 Å². The molecule has 0 N–H and O–H groups in total. The highest BCUT2D eigenvalue weighted by Gasteiger charge is 2.66. The third kappa shape index (κ3) is 2.45. The van der Waals surface area contributed by atoms with Crippen molar-refractivity contribution >= 4 is 12.1 Å². The first-order chi connectivity index (χ1) is 9.07. The number of esters is 1. The first kappa shape index (κ1) is 15.0. The summed E-state index contributed by atoms with van der Waals surface area (Å²) in [6.07, 6.45) is -1.14. The molecule has 2 aliphatic rings. The molecular formula is C13H19F2NO4. The fourth-order valence-electron chi connectivity index (χ4n) is 2.85. The van der Waals surface area contributed by atoms with Gasteiger partial charge in [-0.3, -0.25) is 4.90 Å². The van der Waals surface area contributed by atoms with E-state index < -0.39 is 47.9 Å². The molecule has 0 bridgehead atoms. The van der Waals surface area contributed by atoms with E-state index in [9.17, 15) is 18.4 Å². The van der Waals surface area contributed by atoms with Gasteiger partial charge in [0.05, 0.1) is 7.11 Å². The topological polar surface area (TPSA) is 55.8 Å². The van der Waals surface area contributed by atoms with Gasteiger partial charge in [0.15, 0.2) is 0 Å². The Morgan fingerprint density at radius 2 is 1.90 bits per heavy atom. The summed E-state index contributed by atoms with van der Waals surface area (Å²) >= 11 is 0. The van der Waals surface area contributed by atoms with E-state index in [4.69, 9.17) is 4.74 Å². The van der Waals surface area contributed by atoms with Crippen molar-refractivity contribution in [1.29, 1.82) is 0 Å². The van der Waals surface area contributed by atoms with Crippen molar-refractivity contribution in [3.05, 3.63) is 0 Å². The standard InChI is InChI=1S/C13H19F2NO4/c1-12(2,3)20-11(18)16-6-8-7(5-13(8,14)15)9(16)10(17)19-4/h7-9H,5-6H2,1-4H3/t7-,8-,9-/m0/s1. The van der Waals surface area contributed by atoms with Crippen LogP contribution < -0.4 is 0 Å². The van der Waals surface area contributed by atoms with Crippen LogP contribution in [-0.4, -0.2) is 48.2 Å². The zero-order valence-electron chi connectivity index (χ0n) is 12.0. The molecule has 1 aliphatic carbocycles. The fraction of sp³-hybridized carbons (Fsp3) is 0.846. The average molecular weight is 291 g/mol. The van der Waals surface area contributed by atoms with Gasteiger partial charge in [-0.05, 0) is 20.8 Å². The molecule has 1 heterocycles. The quantitative estimate of drug-likeness (QED) is 0.694. The van der Waals surface area contributed by atoms with Crippen LogP contribution in [0.25, 0.3) is 0 Å². The number of ether oxygens (including phenoxy) is 2. The molecular weight excluding hydrogens is 272 g/mol. The number of hydrogen-bond donors (Lipinski definition) is 0. The van der Waals surface area contributed by atoms with Crippen molar-refractivity contribution in [2.75, 3.05) is 13.7 Å². The second-order valence-corrected chi connectivity index (χ2v) is 6.34. The summed E-state index contributed by atoms with van der Waals surface area (Å²) < 4.78 is 36.8. The van der Waals surface area contributed by atoms with E-state index in [2.05, 4.69) is 4.74 Å². The predicted octanol–water partition coefficient (Wildman–Crippen LogP) is 2.05. The number of carbonyl (C=O) groups excluding carboxylic acids is 2. The van der Waals surface area contributed by atoms with Crippen LogP contribution in [0, 0.1) is 11.8 Å². The molecule has 0 spiro atoms. The molecule has 20 heavy (non-hydrogen) atoms. The highest BCUT2D eigenvalue weighted by Crippen LogP contribution is 2.55. The molecule has 1 aliphatic heterocycles. The number of halogens is 2. The number of alkyl halides is 2. The normalized spacial score (nSPS) is 31.3. The van der Waals surface area contributed by atoms with Crippen LogP contribution >= 0.6 is 0 Å². The minimum Gasteiger partial charge on any atom is -0.467 e. The van der Waals surface area contributed by atoms with Gasteiger partial charge in [-0.2, -0.15) is 0 Å². The Morgan fingerprint density at radius 3 is 2.35 bits per heavy atom. The van der Waals surface area contributed by atoms with Crippen LogP contribution in [0.15, 0.2) is 0 Å². The highest BCUT2D eigenvalue weighted by molar-refractivity contribution is 5.83. The molecule has 3 atom stereocenters. The number of nitrogens with zero attached hydrogens (tertiary/aromatic N) is 1. The maximum absolute atomic E-state index is 13.5. The van der Waals surface area contributed by atoms with Crippen LogP contribution in [0.1, 0.15) is 27.2 Å². The number of rotatable bonds is 1. The van der Waals surface area contributed by atoms with E-state index in [0.717, 1.165) is 4.90 Å². The van der Waals surface area contributed by atoms with Gasteiger partial charge in [0, 0.05) is 24.8 Å². The van der Waals surface area contributed by atoms with Gasteiger partial charge in [-0.1, -0.05) is 0 Å². The van der Waals surface area contributed by atoms with E-state index >= 15 is 0 Å². The lowest BCUT2D eigenvalue weighted by Gasteiger charge is -2.40. The minimum absolute atomic E-state index is 0.174. The Morgan fingerprint density at radius 1 is 1.30 bits per heavy atom. The van der Waals surface area contributed by atoms with Gasteiger partial charge in [0.25, 0.3) is 5.92 Å². The molecule has 114 valence electrons. The third-order valence-corrected chi connectivity index (χ3v) is 3.77. The molecule has 0 radical (unpaired) electrons. The summed E-state index contributed by atoms with van der Waals surface area (Å²) in [5.41, 5.74) is -0.748. The summed E-state index contributed by atoms with van der Waals surface area (Å²) in [6, 6.07) is -0.973. The Hall–Kier alpha value is -1.40. The monoisotopic (exact) mass is 291 g/mol. The average Bonchev–Trinajstić information content (AvgIpc) is 2.61. The highest BCUT2D eigenvalue weighted by atomic mass is 19.3. The van der Waals surface area contributed by atoms with E-state index in [1.807, 2.05) is 0 Å². The SMILES string of the molecule is COC(=O)[C@@H]1[C@H]2CC(F)(F)[C@H]2CN1C(=O)OC(C)(C)C. The predicted molar refractivity (Wildman–Crippen MR) is 65.3 cm³/mol. The lowest BCUT2D eigenvalue weighted by atomic mass is 9.69. The van der Waals surface area contributed by atoms with E-state index in [1.54, 1.807) is 20.8 Å². The minimum atomic E-state index is -2.83. The van der Waals surface area contributed by atoms with Crippen molar-refractivity contribution in [1.82, 2.24) is 4.90 Å². The summed E-state index contributed by atoms with van der Waals surface area (Å²) in [5, 5.41) is 0. The zero-order chi connectivity index (χ0) is 15.3.